The van der Waals surface area contributed by atoms with Crippen molar-refractivity contribution in [2.45, 2.75) is 24.3 Å². The Morgan fingerprint density at radius 1 is 1.52 bits per heavy atom. The standard InChI is InChI=1S/C14H18N2O4S/c1-9-5-6-15(8-12(9)17)14(18)10-3-4-13(21-2)11(7-10)16(19)20/h3-4,7,9,12,17H,5-6,8H2,1-2H3. The van der Waals surface area contributed by atoms with Crippen LogP contribution in [-0.4, -0.2) is 46.3 Å². The molecule has 1 fully saturated rings. The molecule has 0 aliphatic carbocycles. The SMILES string of the molecule is CSc1ccc(C(=O)N2CCC(C)C(O)C2)cc1[N+](=O)[O-]. The molecule has 2 rings (SSSR count). The summed E-state index contributed by atoms with van der Waals surface area (Å²) in [6.07, 6.45) is 1.95. The van der Waals surface area contributed by atoms with E-state index < -0.39 is 11.0 Å². The van der Waals surface area contributed by atoms with Gasteiger partial charge >= 0.3 is 0 Å². The van der Waals surface area contributed by atoms with E-state index >= 15 is 0 Å². The fraction of sp³-hybridized carbons (Fsp3) is 0.500. The first-order valence-corrected chi connectivity index (χ1v) is 7.96. The predicted molar refractivity (Wildman–Crippen MR) is 80.6 cm³/mol. The highest BCUT2D eigenvalue weighted by Gasteiger charge is 2.28. The van der Waals surface area contributed by atoms with E-state index in [0.717, 1.165) is 6.42 Å². The smallest absolute Gasteiger partial charge is 0.283 e. The number of likely N-dealkylation sites (tertiary alicyclic amines) is 1. The number of piperidine rings is 1. The average Bonchev–Trinajstić information content (AvgIpc) is 2.48. The Kier molecular flexibility index (Phi) is 4.84. The Morgan fingerprint density at radius 3 is 2.81 bits per heavy atom. The van der Waals surface area contributed by atoms with Gasteiger partial charge in [-0.1, -0.05) is 6.92 Å². The van der Waals surface area contributed by atoms with Gasteiger partial charge in [0, 0.05) is 24.7 Å². The highest BCUT2D eigenvalue weighted by molar-refractivity contribution is 7.98. The van der Waals surface area contributed by atoms with Gasteiger partial charge in [0.15, 0.2) is 0 Å². The number of nitro benzene ring substituents is 1. The molecule has 1 saturated heterocycles. The lowest BCUT2D eigenvalue weighted by Gasteiger charge is -2.34. The summed E-state index contributed by atoms with van der Waals surface area (Å²) in [6, 6.07) is 4.52. The number of thioether (sulfide) groups is 1. The second-order valence-electron chi connectivity index (χ2n) is 5.23. The number of carbonyl (C=O) groups is 1. The first kappa shape index (κ1) is 15.8. The van der Waals surface area contributed by atoms with Crippen LogP contribution >= 0.6 is 11.8 Å². The third-order valence-corrected chi connectivity index (χ3v) is 4.61. The summed E-state index contributed by atoms with van der Waals surface area (Å²) in [4.78, 5) is 25.1. The molecule has 1 aliphatic heterocycles. The van der Waals surface area contributed by atoms with Crippen LogP contribution in [0.15, 0.2) is 23.1 Å². The lowest BCUT2D eigenvalue weighted by atomic mass is 9.95. The van der Waals surface area contributed by atoms with E-state index in [9.17, 15) is 20.0 Å². The number of hydrogen-bond acceptors (Lipinski definition) is 5. The largest absolute Gasteiger partial charge is 0.391 e. The third-order valence-electron chi connectivity index (χ3n) is 3.83. The zero-order valence-electron chi connectivity index (χ0n) is 12.0. The normalized spacial score (nSPS) is 22.1. The van der Waals surface area contributed by atoms with Gasteiger partial charge in [0.05, 0.1) is 15.9 Å². The molecule has 0 aromatic heterocycles. The van der Waals surface area contributed by atoms with Crippen molar-refractivity contribution in [1.29, 1.82) is 0 Å². The topological polar surface area (TPSA) is 83.7 Å². The van der Waals surface area contributed by atoms with Gasteiger partial charge in [-0.15, -0.1) is 11.8 Å². The maximum Gasteiger partial charge on any atom is 0.283 e. The Morgan fingerprint density at radius 2 is 2.24 bits per heavy atom. The lowest BCUT2D eigenvalue weighted by molar-refractivity contribution is -0.387. The van der Waals surface area contributed by atoms with Crippen molar-refractivity contribution in [2.75, 3.05) is 19.3 Å². The van der Waals surface area contributed by atoms with E-state index in [1.807, 2.05) is 6.92 Å². The molecule has 114 valence electrons. The van der Waals surface area contributed by atoms with Crippen molar-refractivity contribution in [1.82, 2.24) is 4.90 Å². The minimum atomic E-state index is -0.539. The van der Waals surface area contributed by atoms with Gasteiger partial charge in [-0.05, 0) is 30.7 Å². The number of nitro groups is 1. The van der Waals surface area contributed by atoms with Crippen LogP contribution in [0.3, 0.4) is 0 Å². The maximum atomic E-state index is 12.4. The number of benzene rings is 1. The van der Waals surface area contributed by atoms with Crippen LogP contribution < -0.4 is 0 Å². The van der Waals surface area contributed by atoms with E-state index in [2.05, 4.69) is 0 Å². The summed E-state index contributed by atoms with van der Waals surface area (Å²) in [5.74, 6) is -0.0982. The maximum absolute atomic E-state index is 12.4. The molecular weight excluding hydrogens is 292 g/mol. The van der Waals surface area contributed by atoms with Crippen LogP contribution in [0.25, 0.3) is 0 Å². The minimum absolute atomic E-state index is 0.0562. The molecule has 0 spiro atoms. The number of nitrogens with zero attached hydrogens (tertiary/aromatic N) is 2. The first-order valence-electron chi connectivity index (χ1n) is 6.73. The van der Waals surface area contributed by atoms with Crippen LogP contribution in [0, 0.1) is 16.0 Å². The molecule has 1 heterocycles. The van der Waals surface area contributed by atoms with Crippen LogP contribution in [0.4, 0.5) is 5.69 Å². The average molecular weight is 310 g/mol. The molecule has 0 saturated carbocycles. The van der Waals surface area contributed by atoms with Crippen molar-refractivity contribution >= 4 is 23.4 Å². The number of rotatable bonds is 3. The predicted octanol–water partition coefficient (Wildman–Crippen LogP) is 2.16. The van der Waals surface area contributed by atoms with Gasteiger partial charge in [0.2, 0.25) is 0 Å². The van der Waals surface area contributed by atoms with Crippen molar-refractivity contribution in [3.8, 4) is 0 Å². The summed E-state index contributed by atoms with van der Waals surface area (Å²) in [5, 5.41) is 20.9. The molecule has 21 heavy (non-hydrogen) atoms. The molecule has 2 atom stereocenters. The summed E-state index contributed by atoms with van der Waals surface area (Å²) in [7, 11) is 0. The number of aliphatic hydroxyl groups is 1. The number of hydrogen-bond donors (Lipinski definition) is 1. The van der Waals surface area contributed by atoms with Crippen molar-refractivity contribution in [3.05, 3.63) is 33.9 Å². The molecule has 1 N–H and O–H groups in total. The zero-order chi connectivity index (χ0) is 15.6. The van der Waals surface area contributed by atoms with Gasteiger partial charge in [0.25, 0.3) is 11.6 Å². The number of aliphatic hydroxyl groups excluding tert-OH is 1. The third kappa shape index (κ3) is 3.36. The number of amides is 1. The Bertz CT molecular complexity index is 564. The zero-order valence-corrected chi connectivity index (χ0v) is 12.8. The molecule has 0 radical (unpaired) electrons. The quantitative estimate of drug-likeness (QED) is 0.525. The van der Waals surface area contributed by atoms with Crippen LogP contribution in [0.2, 0.25) is 0 Å². The fourth-order valence-corrected chi connectivity index (χ4v) is 2.93. The van der Waals surface area contributed by atoms with Gasteiger partial charge in [-0.25, -0.2) is 0 Å². The Balaban J connectivity index is 2.23. The van der Waals surface area contributed by atoms with Gasteiger partial charge in [-0.3, -0.25) is 14.9 Å². The molecule has 0 bridgehead atoms. The molecule has 2 unspecified atom stereocenters. The molecule has 1 aliphatic rings. The van der Waals surface area contributed by atoms with Crippen molar-refractivity contribution < 1.29 is 14.8 Å². The van der Waals surface area contributed by atoms with Crippen molar-refractivity contribution in [3.63, 3.8) is 0 Å². The van der Waals surface area contributed by atoms with E-state index in [-0.39, 0.29) is 24.1 Å². The molecule has 6 nitrogen and oxygen atoms in total. The van der Waals surface area contributed by atoms with E-state index in [4.69, 9.17) is 0 Å². The fourth-order valence-electron chi connectivity index (χ4n) is 2.38. The minimum Gasteiger partial charge on any atom is -0.391 e. The van der Waals surface area contributed by atoms with Crippen molar-refractivity contribution in [2.24, 2.45) is 5.92 Å². The molecule has 1 aromatic carbocycles. The summed E-state index contributed by atoms with van der Waals surface area (Å²) < 4.78 is 0. The summed E-state index contributed by atoms with van der Waals surface area (Å²) in [5.41, 5.74) is 0.237. The monoisotopic (exact) mass is 310 g/mol. The number of β-amino-alcohol motifs (C(OH)–C–C–N with tert-alkyl or cyclic N) is 1. The molecule has 7 heteroatoms. The van der Waals surface area contributed by atoms with Gasteiger partial charge in [-0.2, -0.15) is 0 Å². The highest BCUT2D eigenvalue weighted by atomic mass is 32.2. The van der Waals surface area contributed by atoms with E-state index in [1.54, 1.807) is 23.3 Å². The van der Waals surface area contributed by atoms with E-state index in [0.29, 0.717) is 17.0 Å². The highest BCUT2D eigenvalue weighted by Crippen LogP contribution is 2.29. The second-order valence-corrected chi connectivity index (χ2v) is 6.08. The second kappa shape index (κ2) is 6.44. The van der Waals surface area contributed by atoms with Crippen LogP contribution in [-0.2, 0) is 0 Å². The van der Waals surface area contributed by atoms with Crippen LogP contribution in [0.1, 0.15) is 23.7 Å². The van der Waals surface area contributed by atoms with E-state index in [1.165, 1.54) is 17.8 Å². The summed E-state index contributed by atoms with van der Waals surface area (Å²) in [6.45, 7) is 2.79. The summed E-state index contributed by atoms with van der Waals surface area (Å²) >= 11 is 1.27. The van der Waals surface area contributed by atoms with Crippen LogP contribution in [0.5, 0.6) is 0 Å². The molecular formula is C14H18N2O4S. The lowest BCUT2D eigenvalue weighted by Crippen LogP contribution is -2.45. The Labute approximate surface area is 127 Å². The first-order chi connectivity index (χ1) is 9.93. The van der Waals surface area contributed by atoms with Gasteiger partial charge < -0.3 is 10.0 Å². The Hall–Kier alpha value is -1.60. The molecule has 1 amide bonds. The van der Waals surface area contributed by atoms with Gasteiger partial charge in [0.1, 0.15) is 0 Å². The molecule has 1 aromatic rings. The number of carbonyl (C=O) groups excluding carboxylic acids is 1.